The van der Waals surface area contributed by atoms with Crippen LogP contribution >= 0.6 is 0 Å². The Kier molecular flexibility index (Phi) is 5.29. The number of ketones is 1. The molecule has 20 heavy (non-hydrogen) atoms. The molecule has 0 heterocycles. The van der Waals surface area contributed by atoms with E-state index in [2.05, 4.69) is 0 Å². The third kappa shape index (κ3) is 4.91. The van der Waals surface area contributed by atoms with Crippen molar-refractivity contribution in [2.45, 2.75) is 0 Å². The van der Waals surface area contributed by atoms with Gasteiger partial charge in [-0.1, -0.05) is 85.0 Å². The van der Waals surface area contributed by atoms with Crippen molar-refractivity contribution in [1.82, 2.24) is 0 Å². The van der Waals surface area contributed by atoms with Crippen LogP contribution in [0.15, 0.2) is 85.0 Å². The van der Waals surface area contributed by atoms with E-state index in [1.165, 1.54) is 0 Å². The van der Waals surface area contributed by atoms with E-state index in [1.54, 1.807) is 18.2 Å². The number of carbonyl (C=O) groups is 1. The highest BCUT2D eigenvalue weighted by atomic mass is 16.1. The monoisotopic (exact) mass is 260 g/mol. The van der Waals surface area contributed by atoms with Crippen molar-refractivity contribution >= 4 is 17.9 Å². The van der Waals surface area contributed by atoms with Gasteiger partial charge in [-0.05, 0) is 23.3 Å². The highest BCUT2D eigenvalue weighted by Gasteiger charge is 1.88. The number of hydrogen-bond donors (Lipinski definition) is 0. The number of hydrogen-bond acceptors (Lipinski definition) is 1. The highest BCUT2D eigenvalue weighted by Crippen LogP contribution is 2.02. The van der Waals surface area contributed by atoms with E-state index in [-0.39, 0.29) is 5.78 Å². The van der Waals surface area contributed by atoms with Gasteiger partial charge >= 0.3 is 0 Å². The number of rotatable bonds is 5. The first-order chi connectivity index (χ1) is 9.84. The van der Waals surface area contributed by atoms with Gasteiger partial charge in [0.2, 0.25) is 0 Å². The molecule has 0 aliphatic heterocycles. The Morgan fingerprint density at radius 1 is 0.650 bits per heavy atom. The van der Waals surface area contributed by atoms with Gasteiger partial charge < -0.3 is 0 Å². The van der Waals surface area contributed by atoms with Gasteiger partial charge in [-0.15, -0.1) is 0 Å². The normalized spacial score (nSPS) is 11.6. The molecule has 0 saturated heterocycles. The molecule has 0 aliphatic rings. The van der Waals surface area contributed by atoms with E-state index in [1.807, 2.05) is 78.9 Å². The smallest absolute Gasteiger partial charge is 0.178 e. The molecule has 0 unspecified atom stereocenters. The summed E-state index contributed by atoms with van der Waals surface area (Å²) < 4.78 is 0. The van der Waals surface area contributed by atoms with Gasteiger partial charge in [0.25, 0.3) is 0 Å². The Morgan fingerprint density at radius 2 is 1.20 bits per heavy atom. The zero-order chi connectivity index (χ0) is 14.0. The first-order valence-corrected chi connectivity index (χ1v) is 6.51. The van der Waals surface area contributed by atoms with Crippen LogP contribution in [0.3, 0.4) is 0 Å². The molecule has 2 rings (SSSR count). The predicted octanol–water partition coefficient (Wildman–Crippen LogP) is 4.54. The first-order valence-electron chi connectivity index (χ1n) is 6.51. The minimum absolute atomic E-state index is 0.0217. The molecule has 0 spiro atoms. The molecule has 0 atom stereocenters. The summed E-state index contributed by atoms with van der Waals surface area (Å²) in [5.41, 5.74) is 2.14. The Bertz CT molecular complexity index is 619. The van der Waals surface area contributed by atoms with Crippen molar-refractivity contribution in [2.75, 3.05) is 0 Å². The van der Waals surface area contributed by atoms with Gasteiger partial charge in [0, 0.05) is 0 Å². The molecule has 0 amide bonds. The number of carbonyl (C=O) groups excluding carboxylic acids is 1. The second-order valence-corrected chi connectivity index (χ2v) is 4.28. The molecule has 1 heteroatoms. The second kappa shape index (κ2) is 7.70. The molecule has 0 bridgehead atoms. The molecule has 2 aromatic carbocycles. The summed E-state index contributed by atoms with van der Waals surface area (Å²) in [4.78, 5) is 11.6. The Labute approximate surface area is 119 Å². The van der Waals surface area contributed by atoms with Crippen LogP contribution in [-0.4, -0.2) is 5.78 Å². The number of benzene rings is 2. The van der Waals surface area contributed by atoms with Crippen LogP contribution in [0.4, 0.5) is 0 Å². The molecule has 2 aromatic rings. The maximum atomic E-state index is 11.6. The average Bonchev–Trinajstić information content (AvgIpc) is 2.52. The molecule has 0 fully saturated rings. The summed E-state index contributed by atoms with van der Waals surface area (Å²) in [6.07, 6.45) is 10.5. The van der Waals surface area contributed by atoms with Crippen LogP contribution in [0.5, 0.6) is 0 Å². The van der Waals surface area contributed by atoms with E-state index >= 15 is 0 Å². The van der Waals surface area contributed by atoms with Crippen LogP contribution in [0.25, 0.3) is 12.2 Å². The van der Waals surface area contributed by atoms with Crippen molar-refractivity contribution in [2.24, 2.45) is 0 Å². The molecule has 0 aromatic heterocycles. The van der Waals surface area contributed by atoms with Crippen LogP contribution in [0.1, 0.15) is 11.1 Å². The number of allylic oxidation sites excluding steroid dienone is 4. The van der Waals surface area contributed by atoms with Gasteiger partial charge in [-0.25, -0.2) is 0 Å². The van der Waals surface area contributed by atoms with Crippen molar-refractivity contribution in [1.29, 1.82) is 0 Å². The van der Waals surface area contributed by atoms with Crippen LogP contribution in [-0.2, 0) is 4.79 Å². The second-order valence-electron chi connectivity index (χ2n) is 4.28. The summed E-state index contributed by atoms with van der Waals surface area (Å²) in [5, 5.41) is 0. The molecular weight excluding hydrogens is 244 g/mol. The van der Waals surface area contributed by atoms with Crippen LogP contribution in [0.2, 0.25) is 0 Å². The minimum atomic E-state index is -0.0217. The third-order valence-electron chi connectivity index (χ3n) is 2.70. The molecule has 1 nitrogen and oxygen atoms in total. The zero-order valence-corrected chi connectivity index (χ0v) is 11.1. The summed E-state index contributed by atoms with van der Waals surface area (Å²) >= 11 is 0. The Morgan fingerprint density at radius 3 is 1.80 bits per heavy atom. The quantitative estimate of drug-likeness (QED) is 0.570. The van der Waals surface area contributed by atoms with Gasteiger partial charge in [-0.2, -0.15) is 0 Å². The van der Waals surface area contributed by atoms with Gasteiger partial charge in [-0.3, -0.25) is 4.79 Å². The van der Waals surface area contributed by atoms with Crippen molar-refractivity contribution in [3.05, 3.63) is 96.1 Å². The van der Waals surface area contributed by atoms with Crippen molar-refractivity contribution in [3.63, 3.8) is 0 Å². The Hall–Kier alpha value is -2.67. The topological polar surface area (TPSA) is 17.1 Å². The third-order valence-corrected chi connectivity index (χ3v) is 2.70. The van der Waals surface area contributed by atoms with Gasteiger partial charge in [0.15, 0.2) is 5.78 Å². The molecule has 98 valence electrons. The van der Waals surface area contributed by atoms with Crippen LogP contribution in [0, 0.1) is 0 Å². The van der Waals surface area contributed by atoms with E-state index in [9.17, 15) is 4.79 Å². The van der Waals surface area contributed by atoms with Gasteiger partial charge in [0.1, 0.15) is 0 Å². The van der Waals surface area contributed by atoms with E-state index in [4.69, 9.17) is 0 Å². The molecule has 0 radical (unpaired) electrons. The minimum Gasteiger partial charge on any atom is -0.290 e. The van der Waals surface area contributed by atoms with E-state index in [0.29, 0.717) is 0 Å². The fraction of sp³-hybridized carbons (Fsp3) is 0. The fourth-order valence-corrected chi connectivity index (χ4v) is 1.68. The maximum Gasteiger partial charge on any atom is 0.178 e. The van der Waals surface area contributed by atoms with Gasteiger partial charge in [0.05, 0.1) is 0 Å². The largest absolute Gasteiger partial charge is 0.290 e. The predicted molar refractivity (Wildman–Crippen MR) is 85.1 cm³/mol. The standard InChI is InChI=1S/C19H16O/c20-19(16-15-18-11-5-2-6-12-18)14-8-7-13-17-9-3-1-4-10-17/h1-16H. The summed E-state index contributed by atoms with van der Waals surface area (Å²) in [6, 6.07) is 19.7. The molecule has 0 saturated carbocycles. The lowest BCUT2D eigenvalue weighted by atomic mass is 10.2. The van der Waals surface area contributed by atoms with Crippen molar-refractivity contribution < 1.29 is 4.79 Å². The lowest BCUT2D eigenvalue weighted by Gasteiger charge is -1.89. The summed E-state index contributed by atoms with van der Waals surface area (Å²) in [7, 11) is 0. The molecule has 0 N–H and O–H groups in total. The summed E-state index contributed by atoms with van der Waals surface area (Å²) in [6.45, 7) is 0. The average molecular weight is 260 g/mol. The van der Waals surface area contributed by atoms with Crippen LogP contribution < -0.4 is 0 Å². The van der Waals surface area contributed by atoms with E-state index in [0.717, 1.165) is 11.1 Å². The molecular formula is C19H16O. The maximum absolute atomic E-state index is 11.6. The summed E-state index contributed by atoms with van der Waals surface area (Å²) in [5.74, 6) is -0.0217. The van der Waals surface area contributed by atoms with E-state index < -0.39 is 0 Å². The lowest BCUT2D eigenvalue weighted by Crippen LogP contribution is -1.83. The lowest BCUT2D eigenvalue weighted by molar-refractivity contribution is -0.110. The highest BCUT2D eigenvalue weighted by molar-refractivity contribution is 6.02. The van der Waals surface area contributed by atoms with Crippen molar-refractivity contribution in [3.8, 4) is 0 Å². The SMILES string of the molecule is O=C(C=CC=Cc1ccccc1)C=Cc1ccccc1. The fourth-order valence-electron chi connectivity index (χ4n) is 1.68. The molecule has 0 aliphatic carbocycles. The Balaban J connectivity index is 1.87. The first kappa shape index (κ1) is 13.8. The zero-order valence-electron chi connectivity index (χ0n) is 11.1.